The number of ether oxygens (including phenoxy) is 1. The average molecular weight is 418 g/mol. The number of hydrogen-bond acceptors (Lipinski definition) is 5. The molecule has 7 nitrogen and oxygen atoms in total. The average Bonchev–Trinajstić information content (AvgIpc) is 3.14. The molecule has 2 atom stereocenters. The fraction of sp³-hybridized carbons (Fsp3) is 0.556. The Kier molecular flexibility index (Phi) is 7.48. The third kappa shape index (κ3) is 5.48. The maximum atomic E-state index is 13.6. The van der Waals surface area contributed by atoms with E-state index in [1.165, 1.54) is 6.92 Å². The van der Waals surface area contributed by atoms with Crippen LogP contribution in [0.15, 0.2) is 18.2 Å². The Balaban J connectivity index is 2.02. The lowest BCUT2D eigenvalue weighted by atomic mass is 10.3. The topological polar surface area (TPSA) is 92.8 Å². The zero-order valence-electron chi connectivity index (χ0n) is 15.8. The molecule has 1 aromatic carbocycles. The summed E-state index contributed by atoms with van der Waals surface area (Å²) >= 11 is 0. The van der Waals surface area contributed by atoms with Crippen LogP contribution in [0.4, 0.5) is 14.5 Å². The standard InChI is InChI=1S/C18H24F2N2O5S/c1-3-22(10-16(23)21-17-14(19)7-4-8-15(17)20)18(24)12(2)28(25,26)11-13-6-5-9-27-13/h4,7-8,12-13H,3,5-6,9-11H2,1-2H3,(H,21,23)/t12-,13-/m1/s1. The van der Waals surface area contributed by atoms with Gasteiger partial charge in [-0.25, -0.2) is 17.2 Å². The van der Waals surface area contributed by atoms with Crippen LogP contribution in [0.2, 0.25) is 0 Å². The minimum Gasteiger partial charge on any atom is -0.377 e. The molecule has 0 aliphatic carbocycles. The van der Waals surface area contributed by atoms with Crippen LogP contribution in [-0.2, 0) is 24.2 Å². The highest BCUT2D eigenvalue weighted by Gasteiger charge is 2.35. The van der Waals surface area contributed by atoms with Crippen LogP contribution in [-0.4, -0.2) is 61.9 Å². The Morgan fingerprint density at radius 1 is 1.32 bits per heavy atom. The van der Waals surface area contributed by atoms with Gasteiger partial charge in [0.2, 0.25) is 11.8 Å². The molecule has 0 aromatic heterocycles. The summed E-state index contributed by atoms with van der Waals surface area (Å²) in [5.41, 5.74) is -0.616. The summed E-state index contributed by atoms with van der Waals surface area (Å²) in [5.74, 6) is -3.73. The van der Waals surface area contributed by atoms with E-state index in [-0.39, 0.29) is 12.3 Å². The molecule has 2 rings (SSSR count). The summed E-state index contributed by atoms with van der Waals surface area (Å²) in [4.78, 5) is 25.8. The Labute approximate surface area is 163 Å². The first-order chi connectivity index (χ1) is 13.2. The minimum absolute atomic E-state index is 0.0613. The van der Waals surface area contributed by atoms with Crippen molar-refractivity contribution in [3.63, 3.8) is 0 Å². The van der Waals surface area contributed by atoms with Gasteiger partial charge in [0.15, 0.2) is 9.84 Å². The van der Waals surface area contributed by atoms with Crippen molar-refractivity contribution in [2.75, 3.05) is 30.8 Å². The number of carbonyl (C=O) groups is 2. The molecule has 0 unspecified atom stereocenters. The van der Waals surface area contributed by atoms with E-state index < -0.39 is 56.9 Å². The molecule has 1 N–H and O–H groups in total. The van der Waals surface area contributed by atoms with Crippen molar-refractivity contribution in [2.45, 2.75) is 38.0 Å². The lowest BCUT2D eigenvalue weighted by Gasteiger charge is -2.24. The van der Waals surface area contributed by atoms with Crippen LogP contribution in [0.3, 0.4) is 0 Å². The van der Waals surface area contributed by atoms with Crippen molar-refractivity contribution in [3.8, 4) is 0 Å². The largest absolute Gasteiger partial charge is 0.377 e. The molecule has 28 heavy (non-hydrogen) atoms. The Bertz CT molecular complexity index is 805. The number of likely N-dealkylation sites (N-methyl/N-ethyl adjacent to an activating group) is 1. The summed E-state index contributed by atoms with van der Waals surface area (Å²) in [6.07, 6.45) is 0.965. The number of benzene rings is 1. The number of nitrogens with one attached hydrogen (secondary N) is 1. The van der Waals surface area contributed by atoms with E-state index in [9.17, 15) is 26.8 Å². The van der Waals surface area contributed by atoms with E-state index in [0.717, 1.165) is 29.5 Å². The third-order valence-electron chi connectivity index (χ3n) is 4.58. The predicted octanol–water partition coefficient (Wildman–Crippen LogP) is 1.73. The van der Waals surface area contributed by atoms with Gasteiger partial charge < -0.3 is 15.0 Å². The highest BCUT2D eigenvalue weighted by Crippen LogP contribution is 2.19. The fourth-order valence-electron chi connectivity index (χ4n) is 2.91. The molecule has 1 aliphatic heterocycles. The summed E-state index contributed by atoms with van der Waals surface area (Å²) in [5, 5.41) is 0.730. The van der Waals surface area contributed by atoms with Gasteiger partial charge in [-0.2, -0.15) is 0 Å². The molecule has 1 fully saturated rings. The molecular weight excluding hydrogens is 394 g/mol. The van der Waals surface area contributed by atoms with Gasteiger partial charge in [-0.05, 0) is 38.8 Å². The highest BCUT2D eigenvalue weighted by atomic mass is 32.2. The third-order valence-corrected chi connectivity index (χ3v) is 6.70. The van der Waals surface area contributed by atoms with Crippen molar-refractivity contribution < 1.29 is 31.5 Å². The number of amides is 2. The van der Waals surface area contributed by atoms with E-state index in [1.807, 2.05) is 0 Å². The van der Waals surface area contributed by atoms with Gasteiger partial charge in [0.25, 0.3) is 0 Å². The van der Waals surface area contributed by atoms with Gasteiger partial charge >= 0.3 is 0 Å². The molecule has 1 aromatic rings. The van der Waals surface area contributed by atoms with Crippen molar-refractivity contribution in [1.82, 2.24) is 4.90 Å². The van der Waals surface area contributed by atoms with Gasteiger partial charge in [-0.1, -0.05) is 6.07 Å². The van der Waals surface area contributed by atoms with Gasteiger partial charge in [-0.3, -0.25) is 9.59 Å². The molecule has 2 amide bonds. The number of para-hydroxylation sites is 1. The lowest BCUT2D eigenvalue weighted by Crippen LogP contribution is -2.46. The van der Waals surface area contributed by atoms with Crippen LogP contribution in [0.25, 0.3) is 0 Å². The summed E-state index contributed by atoms with van der Waals surface area (Å²) < 4.78 is 57.6. The number of anilines is 1. The smallest absolute Gasteiger partial charge is 0.244 e. The number of rotatable bonds is 8. The first-order valence-corrected chi connectivity index (χ1v) is 10.7. The second-order valence-electron chi connectivity index (χ2n) is 6.60. The van der Waals surface area contributed by atoms with Crippen molar-refractivity contribution >= 4 is 27.3 Å². The first-order valence-electron chi connectivity index (χ1n) is 9.01. The Morgan fingerprint density at radius 3 is 2.50 bits per heavy atom. The minimum atomic E-state index is -3.77. The molecule has 0 radical (unpaired) electrons. The SMILES string of the molecule is CCN(CC(=O)Nc1c(F)cccc1F)C(=O)[C@@H](C)S(=O)(=O)C[C@H]1CCCO1. The number of sulfone groups is 1. The predicted molar refractivity (Wildman–Crippen MR) is 99.5 cm³/mol. The normalized spacial score (nSPS) is 17.9. The number of halogens is 2. The monoisotopic (exact) mass is 418 g/mol. The first kappa shape index (κ1) is 22.2. The second kappa shape index (κ2) is 9.42. The molecule has 0 bridgehead atoms. The van der Waals surface area contributed by atoms with E-state index in [2.05, 4.69) is 5.32 Å². The summed E-state index contributed by atoms with van der Waals surface area (Å²) in [6.45, 7) is 2.88. The summed E-state index contributed by atoms with van der Waals surface area (Å²) in [7, 11) is -3.77. The van der Waals surface area contributed by atoms with Crippen LogP contribution in [0, 0.1) is 11.6 Å². The molecule has 156 valence electrons. The number of hydrogen-bond donors (Lipinski definition) is 1. The molecule has 0 saturated carbocycles. The van der Waals surface area contributed by atoms with E-state index in [0.29, 0.717) is 13.0 Å². The molecule has 1 aliphatic rings. The molecule has 0 spiro atoms. The number of nitrogens with zero attached hydrogens (tertiary/aromatic N) is 1. The number of carbonyl (C=O) groups excluding carboxylic acids is 2. The zero-order chi connectivity index (χ0) is 20.9. The fourth-order valence-corrected chi connectivity index (χ4v) is 4.43. The van der Waals surface area contributed by atoms with Crippen molar-refractivity contribution in [3.05, 3.63) is 29.8 Å². The van der Waals surface area contributed by atoms with Crippen LogP contribution in [0.5, 0.6) is 0 Å². The van der Waals surface area contributed by atoms with Gasteiger partial charge in [0.05, 0.1) is 18.4 Å². The van der Waals surface area contributed by atoms with Crippen molar-refractivity contribution in [2.24, 2.45) is 0 Å². The second-order valence-corrected chi connectivity index (χ2v) is 8.97. The van der Waals surface area contributed by atoms with Crippen LogP contribution in [0.1, 0.15) is 26.7 Å². The quantitative estimate of drug-likeness (QED) is 0.694. The summed E-state index contributed by atoms with van der Waals surface area (Å²) in [6, 6.07) is 3.13. The molecule has 10 heteroatoms. The van der Waals surface area contributed by atoms with E-state index in [1.54, 1.807) is 6.92 Å². The molecule has 1 heterocycles. The lowest BCUT2D eigenvalue weighted by molar-refractivity contribution is -0.133. The van der Waals surface area contributed by atoms with Crippen LogP contribution < -0.4 is 5.32 Å². The molecule has 1 saturated heterocycles. The van der Waals surface area contributed by atoms with Crippen molar-refractivity contribution in [1.29, 1.82) is 0 Å². The van der Waals surface area contributed by atoms with E-state index in [4.69, 9.17) is 4.74 Å². The van der Waals surface area contributed by atoms with Crippen LogP contribution >= 0.6 is 0 Å². The van der Waals surface area contributed by atoms with Gasteiger partial charge in [0, 0.05) is 13.2 Å². The Hall–Kier alpha value is -2.07. The van der Waals surface area contributed by atoms with E-state index >= 15 is 0 Å². The van der Waals surface area contributed by atoms with Gasteiger partial charge in [0.1, 0.15) is 22.6 Å². The molecular formula is C18H24F2N2O5S. The zero-order valence-corrected chi connectivity index (χ0v) is 16.6. The maximum Gasteiger partial charge on any atom is 0.244 e. The maximum absolute atomic E-state index is 13.6. The Morgan fingerprint density at radius 2 is 1.96 bits per heavy atom. The van der Waals surface area contributed by atoms with Gasteiger partial charge in [-0.15, -0.1) is 0 Å². The highest BCUT2D eigenvalue weighted by molar-refractivity contribution is 7.92.